The first-order valence-electron chi connectivity index (χ1n) is 9.56. The van der Waals surface area contributed by atoms with Crippen LogP contribution in [0.2, 0.25) is 0 Å². The van der Waals surface area contributed by atoms with E-state index in [9.17, 15) is 4.79 Å². The highest BCUT2D eigenvalue weighted by Crippen LogP contribution is 2.28. The van der Waals surface area contributed by atoms with E-state index in [2.05, 4.69) is 40.4 Å². The van der Waals surface area contributed by atoms with Crippen LogP contribution in [0.15, 0.2) is 42.6 Å². The molecule has 2 N–H and O–H groups in total. The minimum absolute atomic E-state index is 0.0802. The fourth-order valence-corrected chi connectivity index (χ4v) is 2.98. The molecule has 1 saturated heterocycles. The molecule has 1 aliphatic rings. The number of amides is 1. The fraction of sp³-hybridized carbons (Fsp3) is 0.429. The number of morpholine rings is 1. The number of aromatic nitrogens is 1. The third kappa shape index (κ3) is 5.44. The summed E-state index contributed by atoms with van der Waals surface area (Å²) in [6.45, 7) is 8.21. The second kappa shape index (κ2) is 9.37. The summed E-state index contributed by atoms with van der Waals surface area (Å²) < 4.78 is 5.44. The molecule has 0 saturated carbocycles. The van der Waals surface area contributed by atoms with E-state index in [0.29, 0.717) is 18.0 Å². The summed E-state index contributed by atoms with van der Waals surface area (Å²) in [7, 11) is 0. The number of benzene rings is 1. The highest BCUT2D eigenvalue weighted by Gasteiger charge is 2.15. The highest BCUT2D eigenvalue weighted by atomic mass is 16.5. The summed E-state index contributed by atoms with van der Waals surface area (Å²) in [6, 6.07) is 11.8. The van der Waals surface area contributed by atoms with Gasteiger partial charge in [0.2, 0.25) is 0 Å². The number of pyridine rings is 1. The van der Waals surface area contributed by atoms with E-state index in [1.54, 1.807) is 12.3 Å². The van der Waals surface area contributed by atoms with Crippen LogP contribution in [-0.2, 0) is 4.74 Å². The first-order chi connectivity index (χ1) is 13.1. The number of hydrogen-bond acceptors (Lipinski definition) is 5. The van der Waals surface area contributed by atoms with Crippen molar-refractivity contribution < 1.29 is 9.53 Å². The van der Waals surface area contributed by atoms with Crippen LogP contribution in [-0.4, -0.2) is 43.7 Å². The van der Waals surface area contributed by atoms with Gasteiger partial charge in [-0.05, 0) is 36.6 Å². The molecule has 0 unspecified atom stereocenters. The van der Waals surface area contributed by atoms with Crippen molar-refractivity contribution >= 4 is 23.1 Å². The maximum atomic E-state index is 12.2. The van der Waals surface area contributed by atoms with Crippen LogP contribution in [0.4, 0.5) is 17.2 Å². The molecule has 27 heavy (non-hydrogen) atoms. The van der Waals surface area contributed by atoms with E-state index in [4.69, 9.17) is 4.74 Å². The number of hydrogen-bond donors (Lipinski definition) is 2. The quantitative estimate of drug-likeness (QED) is 0.784. The molecule has 0 atom stereocenters. The predicted octanol–water partition coefficient (Wildman–Crippen LogP) is 3.44. The number of nitrogens with one attached hydrogen (secondary N) is 2. The van der Waals surface area contributed by atoms with E-state index in [0.717, 1.165) is 49.9 Å². The SMILES string of the molecule is CC(C)CCNC(=O)c1ccc(Nc2ccccc2N2CCOCC2)nc1. The van der Waals surface area contributed by atoms with Gasteiger partial charge in [0.1, 0.15) is 5.82 Å². The Hall–Kier alpha value is -2.60. The van der Waals surface area contributed by atoms with Crippen LogP contribution in [0.25, 0.3) is 0 Å². The molecule has 1 amide bonds. The zero-order valence-electron chi connectivity index (χ0n) is 16.1. The molecule has 1 aromatic heterocycles. The average molecular weight is 368 g/mol. The first-order valence-corrected chi connectivity index (χ1v) is 9.56. The Morgan fingerprint density at radius 1 is 1.19 bits per heavy atom. The van der Waals surface area contributed by atoms with Gasteiger partial charge in [-0.2, -0.15) is 0 Å². The van der Waals surface area contributed by atoms with Crippen LogP contribution < -0.4 is 15.5 Å². The fourth-order valence-electron chi connectivity index (χ4n) is 2.98. The minimum Gasteiger partial charge on any atom is -0.378 e. The Bertz CT molecular complexity index is 740. The first kappa shape index (κ1) is 19.2. The second-order valence-corrected chi connectivity index (χ2v) is 7.11. The van der Waals surface area contributed by atoms with Crippen molar-refractivity contribution in [3.05, 3.63) is 48.2 Å². The number of carbonyl (C=O) groups is 1. The molecule has 144 valence electrons. The van der Waals surface area contributed by atoms with Gasteiger partial charge in [0.25, 0.3) is 5.91 Å². The maximum absolute atomic E-state index is 12.2. The number of para-hydroxylation sites is 2. The van der Waals surface area contributed by atoms with E-state index in [1.807, 2.05) is 24.3 Å². The maximum Gasteiger partial charge on any atom is 0.252 e. The molecule has 1 aromatic carbocycles. The molecule has 1 aliphatic heterocycles. The lowest BCUT2D eigenvalue weighted by Crippen LogP contribution is -2.36. The molecule has 3 rings (SSSR count). The number of rotatable bonds is 7. The Balaban J connectivity index is 1.64. The van der Waals surface area contributed by atoms with E-state index >= 15 is 0 Å². The lowest BCUT2D eigenvalue weighted by atomic mass is 10.1. The number of anilines is 3. The van der Waals surface area contributed by atoms with Crippen LogP contribution in [0.3, 0.4) is 0 Å². The standard InChI is InChI=1S/C21H28N4O2/c1-16(2)9-10-22-21(26)17-7-8-20(23-15-17)24-18-5-3-4-6-19(18)25-11-13-27-14-12-25/h3-8,15-16H,9-14H2,1-2H3,(H,22,26)(H,23,24). The van der Waals surface area contributed by atoms with Crippen molar-refractivity contribution in [3.63, 3.8) is 0 Å². The Kier molecular flexibility index (Phi) is 6.65. The van der Waals surface area contributed by atoms with Gasteiger partial charge < -0.3 is 20.3 Å². The van der Waals surface area contributed by atoms with Crippen LogP contribution in [0.5, 0.6) is 0 Å². The van der Waals surface area contributed by atoms with Gasteiger partial charge in [0.05, 0.1) is 30.2 Å². The summed E-state index contributed by atoms with van der Waals surface area (Å²) in [4.78, 5) is 18.9. The van der Waals surface area contributed by atoms with Crippen molar-refractivity contribution in [1.29, 1.82) is 0 Å². The minimum atomic E-state index is -0.0802. The molecule has 6 nitrogen and oxygen atoms in total. The van der Waals surface area contributed by atoms with Crippen molar-refractivity contribution in [2.75, 3.05) is 43.1 Å². The zero-order valence-corrected chi connectivity index (χ0v) is 16.1. The van der Waals surface area contributed by atoms with Crippen molar-refractivity contribution in [3.8, 4) is 0 Å². The topological polar surface area (TPSA) is 66.5 Å². The van der Waals surface area contributed by atoms with Gasteiger partial charge in [0, 0.05) is 25.8 Å². The second-order valence-electron chi connectivity index (χ2n) is 7.11. The number of ether oxygens (including phenoxy) is 1. The third-order valence-electron chi connectivity index (χ3n) is 4.55. The Morgan fingerprint density at radius 3 is 2.67 bits per heavy atom. The molecule has 0 spiro atoms. The zero-order chi connectivity index (χ0) is 19.1. The van der Waals surface area contributed by atoms with Crippen LogP contribution in [0.1, 0.15) is 30.6 Å². The van der Waals surface area contributed by atoms with Crippen molar-refractivity contribution in [2.24, 2.45) is 5.92 Å². The van der Waals surface area contributed by atoms with E-state index < -0.39 is 0 Å². The summed E-state index contributed by atoms with van der Waals surface area (Å²) in [5, 5.41) is 6.30. The molecule has 0 aliphatic carbocycles. The van der Waals surface area contributed by atoms with Gasteiger partial charge in [-0.25, -0.2) is 4.98 Å². The van der Waals surface area contributed by atoms with Gasteiger partial charge in [-0.1, -0.05) is 26.0 Å². The van der Waals surface area contributed by atoms with Gasteiger partial charge >= 0.3 is 0 Å². The average Bonchev–Trinajstić information content (AvgIpc) is 2.69. The normalized spacial score (nSPS) is 14.3. The molecule has 0 radical (unpaired) electrons. The Morgan fingerprint density at radius 2 is 1.96 bits per heavy atom. The lowest BCUT2D eigenvalue weighted by Gasteiger charge is -2.30. The number of carbonyl (C=O) groups excluding carboxylic acids is 1. The molecule has 0 bridgehead atoms. The smallest absolute Gasteiger partial charge is 0.252 e. The summed E-state index contributed by atoms with van der Waals surface area (Å²) in [5.74, 6) is 1.21. The Labute approximate surface area is 160 Å². The van der Waals surface area contributed by atoms with E-state index in [-0.39, 0.29) is 5.91 Å². The third-order valence-corrected chi connectivity index (χ3v) is 4.55. The number of nitrogens with zero attached hydrogens (tertiary/aromatic N) is 2. The van der Waals surface area contributed by atoms with Gasteiger partial charge in [-0.15, -0.1) is 0 Å². The van der Waals surface area contributed by atoms with Crippen molar-refractivity contribution in [1.82, 2.24) is 10.3 Å². The monoisotopic (exact) mass is 368 g/mol. The van der Waals surface area contributed by atoms with Crippen LogP contribution >= 0.6 is 0 Å². The molecule has 1 fully saturated rings. The summed E-state index contributed by atoms with van der Waals surface area (Å²) in [5.41, 5.74) is 2.71. The predicted molar refractivity (Wildman–Crippen MR) is 109 cm³/mol. The molecular formula is C21H28N4O2. The van der Waals surface area contributed by atoms with Crippen LogP contribution in [0, 0.1) is 5.92 Å². The highest BCUT2D eigenvalue weighted by molar-refractivity contribution is 5.94. The van der Waals surface area contributed by atoms with Gasteiger partial charge in [0.15, 0.2) is 0 Å². The molecule has 2 aromatic rings. The summed E-state index contributed by atoms with van der Waals surface area (Å²) >= 11 is 0. The van der Waals surface area contributed by atoms with E-state index in [1.165, 1.54) is 0 Å². The van der Waals surface area contributed by atoms with Gasteiger partial charge in [-0.3, -0.25) is 4.79 Å². The van der Waals surface area contributed by atoms with Crippen molar-refractivity contribution in [2.45, 2.75) is 20.3 Å². The lowest BCUT2D eigenvalue weighted by molar-refractivity contribution is 0.0951. The summed E-state index contributed by atoms with van der Waals surface area (Å²) in [6.07, 6.45) is 2.58. The molecular weight excluding hydrogens is 340 g/mol. The molecule has 6 heteroatoms. The molecule has 2 heterocycles. The largest absolute Gasteiger partial charge is 0.378 e.